The summed E-state index contributed by atoms with van der Waals surface area (Å²) in [5.74, 6) is 4.74. The fraction of sp³-hybridized carbons (Fsp3) is 0.238. The summed E-state index contributed by atoms with van der Waals surface area (Å²) in [6, 6.07) is 6.81. The third-order valence-electron chi connectivity index (χ3n) is 5.04. The van der Waals surface area contributed by atoms with Gasteiger partial charge < -0.3 is 11.1 Å². The van der Waals surface area contributed by atoms with E-state index in [2.05, 4.69) is 32.2 Å². The van der Waals surface area contributed by atoms with Crippen molar-refractivity contribution in [2.24, 2.45) is 12.8 Å². The Balaban J connectivity index is 1.74. The highest BCUT2D eigenvalue weighted by molar-refractivity contribution is 5.90. The van der Waals surface area contributed by atoms with Crippen molar-refractivity contribution in [1.29, 1.82) is 0 Å². The summed E-state index contributed by atoms with van der Waals surface area (Å²) in [6.45, 7) is 0. The van der Waals surface area contributed by atoms with Crippen molar-refractivity contribution in [3.63, 3.8) is 0 Å². The van der Waals surface area contributed by atoms with Gasteiger partial charge in [0.25, 0.3) is 0 Å². The molecule has 1 aromatic carbocycles. The molecule has 0 unspecified atom stereocenters. The van der Waals surface area contributed by atoms with E-state index in [4.69, 9.17) is 5.73 Å². The van der Waals surface area contributed by atoms with E-state index < -0.39 is 28.8 Å². The molecule has 1 fully saturated rings. The quantitative estimate of drug-likeness (QED) is 0.625. The van der Waals surface area contributed by atoms with Gasteiger partial charge in [-0.25, -0.2) is 9.97 Å². The van der Waals surface area contributed by atoms with E-state index in [0.29, 0.717) is 35.9 Å². The van der Waals surface area contributed by atoms with Crippen molar-refractivity contribution >= 4 is 17.5 Å². The number of benzene rings is 1. The molecule has 0 bridgehead atoms. The van der Waals surface area contributed by atoms with E-state index in [9.17, 15) is 18.0 Å². The predicted octanol–water partition coefficient (Wildman–Crippen LogP) is 2.89. The first-order valence-electron chi connectivity index (χ1n) is 9.30. The summed E-state index contributed by atoms with van der Waals surface area (Å²) in [7, 11) is 1.70. The number of nitrogens with two attached hydrogens (primary N) is 1. The Bertz CT molecular complexity index is 1220. The Labute approximate surface area is 175 Å². The largest absolute Gasteiger partial charge is 0.420 e. The van der Waals surface area contributed by atoms with Crippen LogP contribution in [-0.4, -0.2) is 25.7 Å². The molecular formula is C21H17F3N6O. The number of primary amides is 1. The van der Waals surface area contributed by atoms with E-state index in [1.165, 1.54) is 10.9 Å². The normalized spacial score (nSPS) is 14.5. The molecule has 10 heteroatoms. The number of nitrogens with one attached hydrogen (secondary N) is 1. The van der Waals surface area contributed by atoms with E-state index in [0.717, 1.165) is 0 Å². The van der Waals surface area contributed by atoms with E-state index >= 15 is 0 Å². The number of anilines is 2. The first-order valence-corrected chi connectivity index (χ1v) is 9.30. The molecule has 0 radical (unpaired) electrons. The number of amides is 1. The highest BCUT2D eigenvalue weighted by atomic mass is 19.4. The second kappa shape index (κ2) is 7.43. The molecule has 158 valence electrons. The number of hydrogen-bond donors (Lipinski definition) is 2. The second-order valence-electron chi connectivity index (χ2n) is 7.22. The lowest BCUT2D eigenvalue weighted by molar-refractivity contribution is -0.138. The van der Waals surface area contributed by atoms with Crippen LogP contribution in [0.5, 0.6) is 0 Å². The summed E-state index contributed by atoms with van der Waals surface area (Å²) in [6.07, 6.45) is 0.292. The molecule has 7 nitrogen and oxygen atoms in total. The standard InChI is InChI=1S/C21H17F3N6O/c1-30-12-14(10-27-30)28-19-26-11-16(21(22,23)24)17(29-19)7-6-13-4-2-3-5-15(13)20(8-9-20)18(25)31/h2-5,10-12H,8-9H2,1H3,(H2,25,31)(H,26,28,29). The molecule has 1 saturated carbocycles. The third kappa shape index (κ3) is 4.07. The Hall–Kier alpha value is -3.87. The Morgan fingerprint density at radius 1 is 1.23 bits per heavy atom. The van der Waals surface area contributed by atoms with Crippen molar-refractivity contribution < 1.29 is 18.0 Å². The van der Waals surface area contributed by atoms with Gasteiger partial charge in [-0.3, -0.25) is 9.48 Å². The summed E-state index contributed by atoms with van der Waals surface area (Å²) >= 11 is 0. The lowest BCUT2D eigenvalue weighted by Gasteiger charge is -2.13. The summed E-state index contributed by atoms with van der Waals surface area (Å²) in [4.78, 5) is 19.6. The SMILES string of the molecule is Cn1cc(Nc2ncc(C(F)(F)F)c(C#Cc3ccccc3C3(C(N)=O)CC3)n2)cn1. The minimum absolute atomic E-state index is 0.0469. The number of aromatic nitrogens is 4. The topological polar surface area (TPSA) is 98.7 Å². The third-order valence-corrected chi connectivity index (χ3v) is 5.04. The van der Waals surface area contributed by atoms with E-state index in [-0.39, 0.29) is 5.95 Å². The molecule has 1 aliphatic rings. The molecule has 0 saturated heterocycles. The first kappa shape index (κ1) is 20.4. The fourth-order valence-corrected chi connectivity index (χ4v) is 3.27. The van der Waals surface area contributed by atoms with E-state index in [1.807, 2.05) is 0 Å². The molecule has 1 aliphatic carbocycles. The van der Waals surface area contributed by atoms with Crippen LogP contribution in [-0.2, 0) is 23.4 Å². The predicted molar refractivity (Wildman–Crippen MR) is 106 cm³/mol. The minimum atomic E-state index is -4.68. The van der Waals surface area contributed by atoms with Crippen molar-refractivity contribution in [1.82, 2.24) is 19.7 Å². The summed E-state index contributed by atoms with van der Waals surface area (Å²) < 4.78 is 42.0. The molecule has 0 spiro atoms. The first-order chi connectivity index (χ1) is 14.7. The second-order valence-corrected chi connectivity index (χ2v) is 7.22. The summed E-state index contributed by atoms with van der Waals surface area (Å²) in [5.41, 5.74) is 4.78. The van der Waals surface area contributed by atoms with Crippen LogP contribution in [0.1, 0.15) is 35.2 Å². The number of hydrogen-bond acceptors (Lipinski definition) is 5. The average molecular weight is 426 g/mol. The van der Waals surface area contributed by atoms with Gasteiger partial charge in [-0.05, 0) is 30.4 Å². The molecule has 1 amide bonds. The zero-order chi connectivity index (χ0) is 22.2. The number of carbonyl (C=O) groups excluding carboxylic acids is 1. The Kier molecular flexibility index (Phi) is 4.89. The number of aryl methyl sites for hydroxylation is 1. The number of carbonyl (C=O) groups is 1. The van der Waals surface area contributed by atoms with Crippen LogP contribution >= 0.6 is 0 Å². The minimum Gasteiger partial charge on any atom is -0.369 e. The van der Waals surface area contributed by atoms with Crippen LogP contribution in [0.3, 0.4) is 0 Å². The highest BCUT2D eigenvalue weighted by Gasteiger charge is 2.51. The number of halogens is 3. The molecular weight excluding hydrogens is 409 g/mol. The Morgan fingerprint density at radius 2 is 1.97 bits per heavy atom. The van der Waals surface area contributed by atoms with Gasteiger partial charge >= 0.3 is 6.18 Å². The van der Waals surface area contributed by atoms with Gasteiger partial charge in [-0.15, -0.1) is 0 Å². The number of alkyl halides is 3. The van der Waals surface area contributed by atoms with Crippen molar-refractivity contribution in [3.05, 3.63) is 65.2 Å². The lowest BCUT2D eigenvalue weighted by Crippen LogP contribution is -2.29. The van der Waals surface area contributed by atoms with E-state index in [1.54, 1.807) is 37.5 Å². The number of rotatable bonds is 4. The van der Waals surface area contributed by atoms with Crippen LogP contribution in [0, 0.1) is 11.8 Å². The monoisotopic (exact) mass is 426 g/mol. The van der Waals surface area contributed by atoms with Gasteiger partial charge in [0.2, 0.25) is 11.9 Å². The molecule has 31 heavy (non-hydrogen) atoms. The van der Waals surface area contributed by atoms with Gasteiger partial charge in [0.15, 0.2) is 0 Å². The maximum absolute atomic E-state index is 13.5. The molecule has 3 N–H and O–H groups in total. The average Bonchev–Trinajstić information content (AvgIpc) is 3.43. The fourth-order valence-electron chi connectivity index (χ4n) is 3.27. The smallest absolute Gasteiger partial charge is 0.369 e. The summed E-state index contributed by atoms with van der Waals surface area (Å²) in [5, 5.41) is 6.77. The Morgan fingerprint density at radius 3 is 2.58 bits per heavy atom. The van der Waals surface area contributed by atoms with Crippen LogP contribution in [0.25, 0.3) is 0 Å². The molecule has 4 rings (SSSR count). The van der Waals surface area contributed by atoms with Crippen LogP contribution in [0.2, 0.25) is 0 Å². The van der Waals surface area contributed by atoms with Crippen molar-refractivity contribution in [3.8, 4) is 11.8 Å². The van der Waals surface area contributed by atoms with Gasteiger partial charge in [-0.1, -0.05) is 24.1 Å². The van der Waals surface area contributed by atoms with Gasteiger partial charge in [0.1, 0.15) is 11.3 Å². The number of nitrogens with zero attached hydrogens (tertiary/aromatic N) is 4. The zero-order valence-corrected chi connectivity index (χ0v) is 16.4. The maximum Gasteiger partial charge on any atom is 0.420 e. The van der Waals surface area contributed by atoms with Gasteiger partial charge in [0, 0.05) is 25.0 Å². The van der Waals surface area contributed by atoms with Crippen LogP contribution < -0.4 is 11.1 Å². The van der Waals surface area contributed by atoms with Gasteiger partial charge in [0.05, 0.1) is 17.3 Å². The maximum atomic E-state index is 13.5. The molecule has 3 aromatic rings. The molecule has 0 atom stereocenters. The van der Waals surface area contributed by atoms with Crippen molar-refractivity contribution in [2.45, 2.75) is 24.4 Å². The molecule has 2 aromatic heterocycles. The van der Waals surface area contributed by atoms with Crippen LogP contribution in [0.15, 0.2) is 42.9 Å². The lowest BCUT2D eigenvalue weighted by atomic mass is 9.91. The van der Waals surface area contributed by atoms with Gasteiger partial charge in [-0.2, -0.15) is 18.3 Å². The molecule has 2 heterocycles. The zero-order valence-electron chi connectivity index (χ0n) is 16.4. The van der Waals surface area contributed by atoms with Crippen LogP contribution in [0.4, 0.5) is 24.8 Å². The highest BCUT2D eigenvalue weighted by Crippen LogP contribution is 2.49. The van der Waals surface area contributed by atoms with Crippen molar-refractivity contribution in [2.75, 3.05) is 5.32 Å². The molecule has 0 aliphatic heterocycles.